The monoisotopic (exact) mass is 440 g/mol. The maximum Gasteiger partial charge on any atom is 0.266 e. The van der Waals surface area contributed by atoms with Crippen molar-refractivity contribution in [1.82, 2.24) is 15.2 Å². The van der Waals surface area contributed by atoms with E-state index in [2.05, 4.69) is 15.6 Å². The third-order valence-electron chi connectivity index (χ3n) is 4.55. The number of aromatic nitrogens is 2. The molecule has 4 rings (SSSR count). The average molecular weight is 441 g/mol. The molecule has 0 aliphatic carbocycles. The Morgan fingerprint density at radius 1 is 1.27 bits per heavy atom. The zero-order chi connectivity index (χ0) is 21.3. The number of fused-ring (bicyclic) bond motifs is 1. The summed E-state index contributed by atoms with van der Waals surface area (Å²) < 4.78 is 10.2. The van der Waals surface area contributed by atoms with Gasteiger partial charge in [-0.1, -0.05) is 42.2 Å². The molecule has 0 bridgehead atoms. The first kappa shape index (κ1) is 20.0. The zero-order valence-corrected chi connectivity index (χ0v) is 17.6. The summed E-state index contributed by atoms with van der Waals surface area (Å²) in [5, 5.41) is 10.3. The molecule has 2 amide bonds. The van der Waals surface area contributed by atoms with E-state index in [9.17, 15) is 9.59 Å². The molecule has 1 aliphatic heterocycles. The molecular formula is C20H16N4O4S2. The molecule has 10 heteroatoms. The van der Waals surface area contributed by atoms with Crippen LogP contribution in [-0.4, -0.2) is 44.5 Å². The first-order chi connectivity index (χ1) is 14.5. The lowest BCUT2D eigenvalue weighted by molar-refractivity contribution is -0.129. The molecule has 2 aromatic carbocycles. The Kier molecular flexibility index (Phi) is 5.51. The van der Waals surface area contributed by atoms with Crippen LogP contribution in [-0.2, 0) is 9.59 Å². The van der Waals surface area contributed by atoms with Gasteiger partial charge in [0.05, 0.1) is 17.7 Å². The number of carbonyl (C=O) groups excluding carboxylic acids is 2. The molecule has 8 nitrogen and oxygen atoms in total. The summed E-state index contributed by atoms with van der Waals surface area (Å²) in [7, 11) is 1.59. The number of thiocarbonyl (C=S) groups is 1. The highest BCUT2D eigenvalue weighted by Crippen LogP contribution is 2.34. The van der Waals surface area contributed by atoms with E-state index < -0.39 is 11.9 Å². The number of ether oxygens (including phenoxy) is 1. The van der Waals surface area contributed by atoms with Gasteiger partial charge in [-0.15, -0.1) is 0 Å². The minimum Gasteiger partial charge on any atom is -0.497 e. The van der Waals surface area contributed by atoms with Gasteiger partial charge in [-0.05, 0) is 53.1 Å². The molecule has 1 aromatic heterocycles. The van der Waals surface area contributed by atoms with Crippen molar-refractivity contribution >= 4 is 62.9 Å². The highest BCUT2D eigenvalue weighted by Gasteiger charge is 2.38. The Balaban J connectivity index is 1.52. The normalized spacial score (nSPS) is 16.3. The Hall–Kier alpha value is -3.24. The quantitative estimate of drug-likeness (QED) is 0.476. The predicted molar refractivity (Wildman–Crippen MR) is 118 cm³/mol. The third kappa shape index (κ3) is 3.79. The number of anilines is 1. The molecule has 1 unspecified atom stereocenters. The van der Waals surface area contributed by atoms with Crippen molar-refractivity contribution in [3.8, 4) is 5.75 Å². The SMILES string of the molecule is COc1ccc(C=C2SC(=S)N(C(C)C(=O)Nc3cccc4nonc34)C2=O)cc1. The number of methoxy groups -OCH3 is 1. The number of nitrogens with one attached hydrogen (secondary N) is 1. The van der Waals surface area contributed by atoms with Crippen LogP contribution in [0, 0.1) is 0 Å². The van der Waals surface area contributed by atoms with Crippen LogP contribution >= 0.6 is 24.0 Å². The second-order valence-corrected chi connectivity index (χ2v) is 8.10. The van der Waals surface area contributed by atoms with Crippen LogP contribution < -0.4 is 10.1 Å². The van der Waals surface area contributed by atoms with E-state index >= 15 is 0 Å². The lowest BCUT2D eigenvalue weighted by Gasteiger charge is -2.22. The van der Waals surface area contributed by atoms with Crippen molar-refractivity contribution in [3.63, 3.8) is 0 Å². The van der Waals surface area contributed by atoms with Crippen molar-refractivity contribution in [2.75, 3.05) is 12.4 Å². The van der Waals surface area contributed by atoms with E-state index in [1.54, 1.807) is 38.3 Å². The fourth-order valence-electron chi connectivity index (χ4n) is 2.93. The Morgan fingerprint density at radius 3 is 2.77 bits per heavy atom. The second kappa shape index (κ2) is 8.25. The van der Waals surface area contributed by atoms with E-state index in [1.165, 1.54) is 4.90 Å². The molecule has 152 valence electrons. The van der Waals surface area contributed by atoms with Crippen molar-refractivity contribution in [2.24, 2.45) is 0 Å². The number of thioether (sulfide) groups is 1. The highest BCUT2D eigenvalue weighted by atomic mass is 32.2. The molecule has 1 fully saturated rings. The lowest BCUT2D eigenvalue weighted by atomic mass is 10.2. The molecular weight excluding hydrogens is 424 g/mol. The Morgan fingerprint density at radius 2 is 2.03 bits per heavy atom. The van der Waals surface area contributed by atoms with Crippen LogP contribution in [0.5, 0.6) is 5.75 Å². The summed E-state index contributed by atoms with van der Waals surface area (Å²) >= 11 is 6.53. The molecule has 2 heterocycles. The number of amides is 2. The number of hydrogen-bond donors (Lipinski definition) is 1. The van der Waals surface area contributed by atoms with Gasteiger partial charge in [0.25, 0.3) is 5.91 Å². The van der Waals surface area contributed by atoms with Gasteiger partial charge in [0.15, 0.2) is 5.52 Å². The summed E-state index contributed by atoms with van der Waals surface area (Å²) in [5.41, 5.74) is 2.24. The molecule has 1 aliphatic rings. The minimum absolute atomic E-state index is 0.315. The molecule has 0 radical (unpaired) electrons. The standard InChI is InChI=1S/C20H16N4O4S2/c1-11(18(25)21-14-4-3-5-15-17(14)23-28-22-15)24-19(26)16(30-20(24)29)10-12-6-8-13(27-2)9-7-12/h3-11H,1-2H3,(H,21,25). The topological polar surface area (TPSA) is 97.6 Å². The number of benzene rings is 2. The van der Waals surface area contributed by atoms with Gasteiger partial charge in [0.2, 0.25) is 5.91 Å². The fourth-order valence-corrected chi connectivity index (χ4v) is 4.35. The van der Waals surface area contributed by atoms with Gasteiger partial charge in [-0.25, -0.2) is 4.63 Å². The predicted octanol–water partition coefficient (Wildman–Crippen LogP) is 3.46. The van der Waals surface area contributed by atoms with Crippen molar-refractivity contribution in [3.05, 3.63) is 52.9 Å². The number of hydrogen-bond acceptors (Lipinski definition) is 8. The fraction of sp³-hybridized carbons (Fsp3) is 0.150. The van der Waals surface area contributed by atoms with Gasteiger partial charge in [0.1, 0.15) is 21.6 Å². The molecule has 1 N–H and O–H groups in total. The summed E-state index contributed by atoms with van der Waals surface area (Å²) in [4.78, 5) is 27.5. The molecule has 0 spiro atoms. The zero-order valence-electron chi connectivity index (χ0n) is 16.0. The van der Waals surface area contributed by atoms with E-state index in [-0.39, 0.29) is 5.91 Å². The van der Waals surface area contributed by atoms with Crippen molar-refractivity contribution in [1.29, 1.82) is 0 Å². The van der Waals surface area contributed by atoms with Gasteiger partial charge < -0.3 is 10.1 Å². The first-order valence-electron chi connectivity index (χ1n) is 8.91. The molecule has 3 aromatic rings. The van der Waals surface area contributed by atoms with Crippen LogP contribution in [0.3, 0.4) is 0 Å². The largest absolute Gasteiger partial charge is 0.497 e. The summed E-state index contributed by atoms with van der Waals surface area (Å²) in [6, 6.07) is 11.6. The minimum atomic E-state index is -0.811. The van der Waals surface area contributed by atoms with E-state index in [1.807, 2.05) is 24.3 Å². The van der Waals surface area contributed by atoms with Crippen molar-refractivity contribution < 1.29 is 19.0 Å². The van der Waals surface area contributed by atoms with Crippen LogP contribution in [0.4, 0.5) is 5.69 Å². The van der Waals surface area contributed by atoms with Gasteiger partial charge in [-0.3, -0.25) is 14.5 Å². The molecule has 1 atom stereocenters. The van der Waals surface area contributed by atoms with E-state index in [0.29, 0.717) is 25.9 Å². The van der Waals surface area contributed by atoms with E-state index in [0.717, 1.165) is 23.1 Å². The Bertz CT molecular complexity index is 1170. The van der Waals surface area contributed by atoms with Gasteiger partial charge >= 0.3 is 0 Å². The number of carbonyl (C=O) groups is 2. The maximum absolute atomic E-state index is 12.9. The van der Waals surface area contributed by atoms with Gasteiger partial charge in [-0.2, -0.15) is 0 Å². The smallest absolute Gasteiger partial charge is 0.266 e. The Labute approximate surface area is 181 Å². The van der Waals surface area contributed by atoms with Gasteiger partial charge in [0, 0.05) is 0 Å². The van der Waals surface area contributed by atoms with E-state index in [4.69, 9.17) is 21.6 Å². The van der Waals surface area contributed by atoms with Crippen LogP contribution in [0.15, 0.2) is 52.0 Å². The van der Waals surface area contributed by atoms with Crippen molar-refractivity contribution in [2.45, 2.75) is 13.0 Å². The average Bonchev–Trinajstić information content (AvgIpc) is 3.33. The molecule has 0 saturated carbocycles. The van der Waals surface area contributed by atoms with Crippen LogP contribution in [0.1, 0.15) is 12.5 Å². The summed E-state index contributed by atoms with van der Waals surface area (Å²) in [6.45, 7) is 1.62. The number of rotatable bonds is 5. The van der Waals surface area contributed by atoms with Crippen LogP contribution in [0.2, 0.25) is 0 Å². The lowest BCUT2D eigenvalue weighted by Crippen LogP contribution is -2.44. The molecule has 1 saturated heterocycles. The highest BCUT2D eigenvalue weighted by molar-refractivity contribution is 8.26. The summed E-state index contributed by atoms with van der Waals surface area (Å²) in [5.74, 6) is 0.0135. The maximum atomic E-state index is 12.9. The number of nitrogens with zero attached hydrogens (tertiary/aromatic N) is 3. The third-order valence-corrected chi connectivity index (χ3v) is 5.88. The summed E-state index contributed by atoms with van der Waals surface area (Å²) in [6.07, 6.45) is 1.74. The first-order valence-corrected chi connectivity index (χ1v) is 10.1. The molecule has 30 heavy (non-hydrogen) atoms. The second-order valence-electron chi connectivity index (χ2n) is 6.43. The van der Waals surface area contributed by atoms with Crippen LogP contribution in [0.25, 0.3) is 17.1 Å².